The van der Waals surface area contributed by atoms with E-state index in [1.807, 2.05) is 23.9 Å². The van der Waals surface area contributed by atoms with Crippen molar-refractivity contribution in [3.63, 3.8) is 0 Å². The van der Waals surface area contributed by atoms with E-state index in [9.17, 15) is 8.42 Å². The number of hydrogen-bond acceptors (Lipinski definition) is 4. The fourth-order valence-electron chi connectivity index (χ4n) is 2.50. The number of sulfonamides is 1. The molecule has 1 heterocycles. The van der Waals surface area contributed by atoms with Gasteiger partial charge in [-0.2, -0.15) is 5.10 Å². The normalized spacial score (nSPS) is 12.1. The van der Waals surface area contributed by atoms with Crippen LogP contribution in [0.4, 0.5) is 0 Å². The lowest BCUT2D eigenvalue weighted by Crippen LogP contribution is -2.38. The van der Waals surface area contributed by atoms with Gasteiger partial charge in [0.1, 0.15) is 0 Å². The number of aromatic nitrogens is 2. The fraction of sp³-hybridized carbons (Fsp3) is 0.474. The molecule has 1 aromatic heterocycles. The molecular formula is C19H30N6O2S. The molecule has 0 aliphatic heterocycles. The van der Waals surface area contributed by atoms with Crippen LogP contribution in [-0.4, -0.2) is 56.1 Å². The standard InChI is InChI=1S/C19H30N6O2S/c1-3-20-19(21-12-5-14-24-28(26,27)4-2)22-15-11-17-7-9-18(10-8-17)25-16-6-13-23-25/h6-10,13,16,24H,3-5,11-12,14-15H2,1-2H3,(H2,20,21,22). The van der Waals surface area contributed by atoms with Crippen molar-refractivity contribution < 1.29 is 8.42 Å². The second-order valence-electron chi connectivity index (χ2n) is 6.21. The largest absolute Gasteiger partial charge is 0.357 e. The van der Waals surface area contributed by atoms with Gasteiger partial charge in [0.05, 0.1) is 11.4 Å². The Morgan fingerprint density at radius 3 is 2.57 bits per heavy atom. The highest BCUT2D eigenvalue weighted by atomic mass is 32.2. The maximum atomic E-state index is 11.4. The number of rotatable bonds is 11. The Balaban J connectivity index is 1.74. The molecule has 0 radical (unpaired) electrons. The minimum Gasteiger partial charge on any atom is -0.357 e. The van der Waals surface area contributed by atoms with Crippen LogP contribution in [0.2, 0.25) is 0 Å². The predicted molar refractivity (Wildman–Crippen MR) is 113 cm³/mol. The summed E-state index contributed by atoms with van der Waals surface area (Å²) in [5, 5.41) is 10.7. The van der Waals surface area contributed by atoms with Crippen LogP contribution in [0, 0.1) is 0 Å². The highest BCUT2D eigenvalue weighted by Gasteiger charge is 2.04. The minimum atomic E-state index is -3.13. The molecule has 0 atom stereocenters. The topological polar surface area (TPSA) is 100 Å². The molecule has 0 amide bonds. The first-order valence-corrected chi connectivity index (χ1v) is 11.3. The molecule has 0 fully saturated rings. The Labute approximate surface area is 167 Å². The zero-order valence-electron chi connectivity index (χ0n) is 16.6. The average molecular weight is 407 g/mol. The van der Waals surface area contributed by atoms with Crippen molar-refractivity contribution in [2.75, 3.05) is 31.9 Å². The lowest BCUT2D eigenvalue weighted by Gasteiger charge is -2.11. The maximum Gasteiger partial charge on any atom is 0.211 e. The SMILES string of the molecule is CCNC(=NCCCNS(=O)(=O)CC)NCCc1ccc(-n2cccn2)cc1. The first-order valence-electron chi connectivity index (χ1n) is 9.62. The van der Waals surface area contributed by atoms with Crippen molar-refractivity contribution >= 4 is 16.0 Å². The molecule has 154 valence electrons. The minimum absolute atomic E-state index is 0.101. The van der Waals surface area contributed by atoms with E-state index in [4.69, 9.17) is 0 Å². The van der Waals surface area contributed by atoms with Gasteiger partial charge >= 0.3 is 0 Å². The summed E-state index contributed by atoms with van der Waals surface area (Å²) in [6.07, 6.45) is 5.21. The smallest absolute Gasteiger partial charge is 0.211 e. The van der Waals surface area contributed by atoms with E-state index < -0.39 is 10.0 Å². The first-order chi connectivity index (χ1) is 13.5. The van der Waals surface area contributed by atoms with E-state index in [-0.39, 0.29) is 5.75 Å². The van der Waals surface area contributed by atoms with E-state index in [1.165, 1.54) is 5.56 Å². The van der Waals surface area contributed by atoms with Crippen molar-refractivity contribution in [3.8, 4) is 5.69 Å². The number of aliphatic imine (C=N–C) groups is 1. The van der Waals surface area contributed by atoms with Gasteiger partial charge in [-0.25, -0.2) is 17.8 Å². The Hall–Kier alpha value is -2.39. The van der Waals surface area contributed by atoms with Crippen LogP contribution in [-0.2, 0) is 16.4 Å². The molecule has 0 unspecified atom stereocenters. The lowest BCUT2D eigenvalue weighted by molar-refractivity contribution is 0.581. The molecule has 2 aromatic rings. The summed E-state index contributed by atoms with van der Waals surface area (Å²) in [5.41, 5.74) is 2.27. The number of guanidine groups is 1. The van der Waals surface area contributed by atoms with Gasteiger partial charge < -0.3 is 10.6 Å². The van der Waals surface area contributed by atoms with E-state index in [1.54, 1.807) is 13.1 Å². The van der Waals surface area contributed by atoms with Crippen LogP contribution in [0.15, 0.2) is 47.7 Å². The predicted octanol–water partition coefficient (Wildman–Crippen LogP) is 1.30. The van der Waals surface area contributed by atoms with E-state index in [0.717, 1.165) is 31.2 Å². The summed E-state index contributed by atoms with van der Waals surface area (Å²) in [6, 6.07) is 10.2. The van der Waals surface area contributed by atoms with Crippen molar-refractivity contribution in [2.45, 2.75) is 26.7 Å². The van der Waals surface area contributed by atoms with Gasteiger partial charge in [-0.15, -0.1) is 0 Å². The molecule has 1 aromatic carbocycles. The molecule has 8 nitrogen and oxygen atoms in total. The average Bonchev–Trinajstić information content (AvgIpc) is 3.23. The van der Waals surface area contributed by atoms with Crippen LogP contribution in [0.1, 0.15) is 25.8 Å². The monoisotopic (exact) mass is 406 g/mol. The summed E-state index contributed by atoms with van der Waals surface area (Å²) >= 11 is 0. The highest BCUT2D eigenvalue weighted by molar-refractivity contribution is 7.89. The van der Waals surface area contributed by atoms with Gasteiger partial charge in [0, 0.05) is 38.6 Å². The van der Waals surface area contributed by atoms with Crippen molar-refractivity contribution in [2.24, 2.45) is 4.99 Å². The third kappa shape index (κ3) is 7.69. The third-order valence-electron chi connectivity index (χ3n) is 4.06. The number of hydrogen-bond donors (Lipinski definition) is 3. The molecule has 0 bridgehead atoms. The van der Waals surface area contributed by atoms with Gasteiger partial charge in [-0.05, 0) is 50.5 Å². The Bertz CT molecular complexity index is 817. The molecule has 0 aliphatic carbocycles. The molecular weight excluding hydrogens is 376 g/mol. The summed E-state index contributed by atoms with van der Waals surface area (Å²) < 4.78 is 27.2. The fourth-order valence-corrected chi connectivity index (χ4v) is 3.16. The van der Waals surface area contributed by atoms with Gasteiger partial charge in [0.2, 0.25) is 10.0 Å². The highest BCUT2D eigenvalue weighted by Crippen LogP contribution is 2.08. The first kappa shape index (κ1) is 21.9. The molecule has 3 N–H and O–H groups in total. The molecule has 0 spiro atoms. The number of nitrogens with zero attached hydrogens (tertiary/aromatic N) is 3. The van der Waals surface area contributed by atoms with Gasteiger partial charge in [0.15, 0.2) is 5.96 Å². The van der Waals surface area contributed by atoms with Gasteiger partial charge in [-0.1, -0.05) is 12.1 Å². The van der Waals surface area contributed by atoms with E-state index in [0.29, 0.717) is 19.5 Å². The van der Waals surface area contributed by atoms with Crippen molar-refractivity contribution in [1.82, 2.24) is 25.1 Å². The summed E-state index contributed by atoms with van der Waals surface area (Å²) in [6.45, 7) is 6.13. The van der Waals surface area contributed by atoms with Crippen LogP contribution < -0.4 is 15.4 Å². The van der Waals surface area contributed by atoms with Crippen LogP contribution >= 0.6 is 0 Å². The summed E-state index contributed by atoms with van der Waals surface area (Å²) in [4.78, 5) is 4.49. The Morgan fingerprint density at radius 1 is 1.14 bits per heavy atom. The number of nitrogens with one attached hydrogen (secondary N) is 3. The molecule has 0 aliphatic rings. The summed E-state index contributed by atoms with van der Waals surface area (Å²) in [5.74, 6) is 0.845. The Morgan fingerprint density at radius 2 is 1.93 bits per heavy atom. The lowest BCUT2D eigenvalue weighted by atomic mass is 10.1. The molecule has 0 saturated heterocycles. The van der Waals surface area contributed by atoms with Crippen LogP contribution in [0.5, 0.6) is 0 Å². The van der Waals surface area contributed by atoms with Gasteiger partial charge in [-0.3, -0.25) is 4.99 Å². The second kappa shape index (κ2) is 11.5. The van der Waals surface area contributed by atoms with Crippen LogP contribution in [0.25, 0.3) is 5.69 Å². The van der Waals surface area contributed by atoms with Gasteiger partial charge in [0.25, 0.3) is 0 Å². The summed E-state index contributed by atoms with van der Waals surface area (Å²) in [7, 11) is -3.13. The zero-order chi connectivity index (χ0) is 20.2. The third-order valence-corrected chi connectivity index (χ3v) is 5.47. The quantitative estimate of drug-likeness (QED) is 0.297. The molecule has 28 heavy (non-hydrogen) atoms. The molecule has 9 heteroatoms. The van der Waals surface area contributed by atoms with Crippen molar-refractivity contribution in [3.05, 3.63) is 48.3 Å². The van der Waals surface area contributed by atoms with Crippen molar-refractivity contribution in [1.29, 1.82) is 0 Å². The van der Waals surface area contributed by atoms with E-state index >= 15 is 0 Å². The molecule has 0 saturated carbocycles. The molecule has 2 rings (SSSR count). The van der Waals surface area contributed by atoms with Crippen LogP contribution in [0.3, 0.4) is 0 Å². The Kier molecular flexibility index (Phi) is 8.96. The maximum absolute atomic E-state index is 11.4. The zero-order valence-corrected chi connectivity index (χ0v) is 17.4. The van der Waals surface area contributed by atoms with E-state index in [2.05, 4.69) is 49.7 Å². The number of benzene rings is 1. The second-order valence-corrected chi connectivity index (χ2v) is 8.30.